The van der Waals surface area contributed by atoms with Crippen LogP contribution in [0.15, 0.2) is 42.6 Å². The van der Waals surface area contributed by atoms with Crippen LogP contribution in [0.3, 0.4) is 0 Å². The summed E-state index contributed by atoms with van der Waals surface area (Å²) in [7, 11) is 3.18. The summed E-state index contributed by atoms with van der Waals surface area (Å²) in [4.78, 5) is 15.8. The zero-order chi connectivity index (χ0) is 15.8. The zero-order valence-corrected chi connectivity index (χ0v) is 12.6. The van der Waals surface area contributed by atoms with Crippen molar-refractivity contribution in [2.45, 2.75) is 13.1 Å². The normalized spacial score (nSPS) is 9.91. The van der Waals surface area contributed by atoms with Crippen molar-refractivity contribution in [2.75, 3.05) is 14.2 Å². The predicted molar refractivity (Wildman–Crippen MR) is 82.9 cm³/mol. The zero-order valence-electron chi connectivity index (χ0n) is 12.6. The third-order valence-electron chi connectivity index (χ3n) is 3.05. The van der Waals surface area contributed by atoms with Crippen LogP contribution < -0.4 is 20.1 Å². The first kappa shape index (κ1) is 15.6. The molecular weight excluding hydrogens is 282 g/mol. The molecule has 0 atom stereocenters. The van der Waals surface area contributed by atoms with E-state index in [1.165, 1.54) is 0 Å². The maximum absolute atomic E-state index is 11.8. The van der Waals surface area contributed by atoms with Crippen LogP contribution in [0.1, 0.15) is 11.1 Å². The van der Waals surface area contributed by atoms with Crippen LogP contribution in [0, 0.1) is 0 Å². The number of carbonyl (C=O) groups excluding carboxylic acids is 1. The molecule has 2 amide bonds. The van der Waals surface area contributed by atoms with Gasteiger partial charge in [-0.25, -0.2) is 9.78 Å². The highest BCUT2D eigenvalue weighted by Gasteiger charge is 2.02. The van der Waals surface area contributed by atoms with Crippen LogP contribution >= 0.6 is 0 Å². The topological polar surface area (TPSA) is 72.5 Å². The van der Waals surface area contributed by atoms with E-state index in [2.05, 4.69) is 15.6 Å². The molecule has 0 unspecified atom stereocenters. The van der Waals surface area contributed by atoms with Gasteiger partial charge in [0.15, 0.2) is 0 Å². The third kappa shape index (κ3) is 4.66. The Morgan fingerprint density at radius 3 is 2.45 bits per heavy atom. The minimum Gasteiger partial charge on any atom is -0.497 e. The maximum atomic E-state index is 11.8. The van der Waals surface area contributed by atoms with E-state index in [4.69, 9.17) is 9.47 Å². The van der Waals surface area contributed by atoms with Gasteiger partial charge in [0.1, 0.15) is 5.75 Å². The largest absolute Gasteiger partial charge is 0.497 e. The highest BCUT2D eigenvalue weighted by Crippen LogP contribution is 2.12. The van der Waals surface area contributed by atoms with Crippen molar-refractivity contribution < 1.29 is 14.3 Å². The molecule has 1 aromatic carbocycles. The predicted octanol–water partition coefficient (Wildman–Crippen LogP) is 2.10. The van der Waals surface area contributed by atoms with Gasteiger partial charge in [-0.05, 0) is 23.3 Å². The van der Waals surface area contributed by atoms with Gasteiger partial charge in [0.2, 0.25) is 5.88 Å². The number of methoxy groups -OCH3 is 2. The quantitative estimate of drug-likeness (QED) is 0.857. The van der Waals surface area contributed by atoms with Crippen LogP contribution in [0.25, 0.3) is 0 Å². The summed E-state index contributed by atoms with van der Waals surface area (Å²) >= 11 is 0. The number of hydrogen-bond acceptors (Lipinski definition) is 4. The summed E-state index contributed by atoms with van der Waals surface area (Å²) in [6, 6.07) is 10.9. The van der Waals surface area contributed by atoms with Crippen molar-refractivity contribution >= 4 is 6.03 Å². The molecule has 22 heavy (non-hydrogen) atoms. The number of urea groups is 1. The van der Waals surface area contributed by atoms with Crippen LogP contribution in [0.5, 0.6) is 11.6 Å². The van der Waals surface area contributed by atoms with Crippen molar-refractivity contribution in [1.82, 2.24) is 15.6 Å². The van der Waals surface area contributed by atoms with Crippen LogP contribution in [-0.2, 0) is 13.1 Å². The number of nitrogens with one attached hydrogen (secondary N) is 2. The van der Waals surface area contributed by atoms with Crippen molar-refractivity contribution in [3.05, 3.63) is 53.7 Å². The minimum absolute atomic E-state index is 0.237. The lowest BCUT2D eigenvalue weighted by molar-refractivity contribution is 0.240. The van der Waals surface area contributed by atoms with E-state index in [1.54, 1.807) is 26.5 Å². The Morgan fingerprint density at radius 1 is 1.05 bits per heavy atom. The molecule has 0 spiro atoms. The second kappa shape index (κ2) is 7.87. The molecule has 2 aromatic rings. The molecule has 2 rings (SSSR count). The first-order valence-corrected chi connectivity index (χ1v) is 6.85. The Morgan fingerprint density at radius 2 is 1.82 bits per heavy atom. The van der Waals surface area contributed by atoms with E-state index in [0.29, 0.717) is 19.0 Å². The smallest absolute Gasteiger partial charge is 0.315 e. The molecule has 6 heteroatoms. The van der Waals surface area contributed by atoms with Gasteiger partial charge < -0.3 is 20.1 Å². The Hall–Kier alpha value is -2.76. The number of ether oxygens (including phenoxy) is 2. The molecule has 0 bridgehead atoms. The number of pyridine rings is 1. The third-order valence-corrected chi connectivity index (χ3v) is 3.05. The molecule has 0 saturated carbocycles. The van der Waals surface area contributed by atoms with Crippen molar-refractivity contribution in [1.29, 1.82) is 0 Å². The van der Waals surface area contributed by atoms with Crippen molar-refractivity contribution in [3.63, 3.8) is 0 Å². The van der Waals surface area contributed by atoms with Gasteiger partial charge in [-0.3, -0.25) is 0 Å². The molecule has 0 fully saturated rings. The number of amides is 2. The van der Waals surface area contributed by atoms with E-state index < -0.39 is 0 Å². The van der Waals surface area contributed by atoms with Gasteiger partial charge in [0, 0.05) is 25.4 Å². The number of aromatic nitrogens is 1. The Kier molecular flexibility index (Phi) is 5.59. The Bertz CT molecular complexity index is 614. The summed E-state index contributed by atoms with van der Waals surface area (Å²) in [6.07, 6.45) is 1.67. The number of carbonyl (C=O) groups is 1. The highest BCUT2D eigenvalue weighted by molar-refractivity contribution is 5.73. The summed E-state index contributed by atoms with van der Waals surface area (Å²) in [5, 5.41) is 5.57. The second-order valence-electron chi connectivity index (χ2n) is 4.60. The van der Waals surface area contributed by atoms with Crippen LogP contribution in [0.2, 0.25) is 0 Å². The summed E-state index contributed by atoms with van der Waals surface area (Å²) in [5.74, 6) is 1.32. The first-order chi connectivity index (χ1) is 10.7. The second-order valence-corrected chi connectivity index (χ2v) is 4.60. The lowest BCUT2D eigenvalue weighted by Crippen LogP contribution is -2.34. The minimum atomic E-state index is -0.237. The average molecular weight is 301 g/mol. The maximum Gasteiger partial charge on any atom is 0.315 e. The molecular formula is C16H19N3O3. The number of nitrogens with zero attached hydrogens (tertiary/aromatic N) is 1. The molecule has 0 aliphatic heterocycles. The van der Waals surface area contributed by atoms with Gasteiger partial charge in [-0.1, -0.05) is 18.2 Å². The molecule has 1 aromatic heterocycles. The van der Waals surface area contributed by atoms with Crippen molar-refractivity contribution in [2.24, 2.45) is 0 Å². The summed E-state index contributed by atoms with van der Waals surface area (Å²) in [6.45, 7) is 0.838. The lowest BCUT2D eigenvalue weighted by atomic mass is 10.2. The first-order valence-electron chi connectivity index (χ1n) is 6.85. The van der Waals surface area contributed by atoms with Crippen LogP contribution in [-0.4, -0.2) is 25.2 Å². The molecule has 2 N–H and O–H groups in total. The molecule has 0 saturated heterocycles. The van der Waals surface area contributed by atoms with Gasteiger partial charge in [0.05, 0.1) is 14.2 Å². The van der Waals surface area contributed by atoms with Gasteiger partial charge in [0.25, 0.3) is 0 Å². The van der Waals surface area contributed by atoms with E-state index >= 15 is 0 Å². The molecule has 0 radical (unpaired) electrons. The standard InChI is InChI=1S/C16H19N3O3/c1-21-14-5-3-4-12(8-14)9-18-16(20)19-11-13-6-7-15(22-2)17-10-13/h3-8,10H,9,11H2,1-2H3,(H2,18,19,20). The molecule has 6 nitrogen and oxygen atoms in total. The van der Waals surface area contributed by atoms with E-state index in [9.17, 15) is 4.79 Å². The highest BCUT2D eigenvalue weighted by atomic mass is 16.5. The average Bonchev–Trinajstić information content (AvgIpc) is 2.58. The monoisotopic (exact) mass is 301 g/mol. The lowest BCUT2D eigenvalue weighted by Gasteiger charge is -2.09. The fourth-order valence-corrected chi connectivity index (χ4v) is 1.85. The molecule has 0 aliphatic carbocycles. The van der Waals surface area contributed by atoms with Crippen molar-refractivity contribution in [3.8, 4) is 11.6 Å². The van der Waals surface area contributed by atoms with Crippen LogP contribution in [0.4, 0.5) is 4.79 Å². The van der Waals surface area contributed by atoms with E-state index in [0.717, 1.165) is 16.9 Å². The number of rotatable bonds is 6. The summed E-state index contributed by atoms with van der Waals surface area (Å²) in [5.41, 5.74) is 1.87. The fourth-order valence-electron chi connectivity index (χ4n) is 1.85. The number of hydrogen-bond donors (Lipinski definition) is 2. The molecule has 1 heterocycles. The Balaban J connectivity index is 1.77. The van der Waals surface area contributed by atoms with E-state index in [1.807, 2.05) is 30.3 Å². The van der Waals surface area contributed by atoms with Gasteiger partial charge >= 0.3 is 6.03 Å². The fraction of sp³-hybridized carbons (Fsp3) is 0.250. The Labute approximate surface area is 129 Å². The van der Waals surface area contributed by atoms with E-state index in [-0.39, 0.29) is 6.03 Å². The molecule has 116 valence electrons. The summed E-state index contributed by atoms with van der Waals surface area (Å²) < 4.78 is 10.1. The molecule has 0 aliphatic rings. The van der Waals surface area contributed by atoms with Gasteiger partial charge in [-0.15, -0.1) is 0 Å². The SMILES string of the molecule is COc1cccc(CNC(=O)NCc2ccc(OC)nc2)c1. The number of benzene rings is 1. The van der Waals surface area contributed by atoms with Gasteiger partial charge in [-0.2, -0.15) is 0 Å².